The minimum atomic E-state index is 0.290. The summed E-state index contributed by atoms with van der Waals surface area (Å²) in [5.41, 5.74) is 6.35. The summed E-state index contributed by atoms with van der Waals surface area (Å²) in [5.74, 6) is 0.893. The Kier molecular flexibility index (Phi) is 5.90. The third-order valence-corrected chi connectivity index (χ3v) is 4.49. The maximum absolute atomic E-state index is 6.06. The zero-order chi connectivity index (χ0) is 12.9. The van der Waals surface area contributed by atoms with Gasteiger partial charge in [0.2, 0.25) is 0 Å². The first-order valence-electron chi connectivity index (χ1n) is 7.06. The van der Waals surface area contributed by atoms with Gasteiger partial charge >= 0.3 is 0 Å². The molecule has 102 valence electrons. The zero-order valence-electron chi connectivity index (χ0n) is 12.2. The van der Waals surface area contributed by atoms with Crippen LogP contribution in [0.2, 0.25) is 0 Å². The van der Waals surface area contributed by atoms with E-state index in [1.54, 1.807) is 0 Å². The third kappa shape index (κ3) is 4.23. The average molecular weight is 241 g/mol. The molecule has 1 aliphatic carbocycles. The number of rotatable bonds is 6. The van der Waals surface area contributed by atoms with Crippen LogP contribution in [0.3, 0.4) is 0 Å². The van der Waals surface area contributed by atoms with Crippen molar-refractivity contribution in [2.75, 3.05) is 40.8 Å². The van der Waals surface area contributed by atoms with Gasteiger partial charge in [0.1, 0.15) is 0 Å². The number of hydrogen-bond acceptors (Lipinski definition) is 3. The van der Waals surface area contributed by atoms with E-state index in [0.717, 1.165) is 12.5 Å². The molecule has 0 atom stereocenters. The van der Waals surface area contributed by atoms with Gasteiger partial charge in [-0.05, 0) is 72.3 Å². The molecule has 1 aliphatic rings. The van der Waals surface area contributed by atoms with Crippen molar-refractivity contribution in [3.8, 4) is 0 Å². The SMILES string of the molecule is CC1CCC(CN)(N(C)CCCN(C)C)CC1. The molecular formula is C14H31N3. The van der Waals surface area contributed by atoms with Crippen molar-refractivity contribution in [3.05, 3.63) is 0 Å². The largest absolute Gasteiger partial charge is 0.329 e. The van der Waals surface area contributed by atoms with Crippen LogP contribution in [0.1, 0.15) is 39.0 Å². The maximum atomic E-state index is 6.06. The first-order chi connectivity index (χ1) is 8.00. The predicted molar refractivity (Wildman–Crippen MR) is 75.2 cm³/mol. The molecule has 17 heavy (non-hydrogen) atoms. The Labute approximate surface area is 107 Å². The quantitative estimate of drug-likeness (QED) is 0.769. The lowest BCUT2D eigenvalue weighted by Gasteiger charge is -2.45. The first-order valence-corrected chi connectivity index (χ1v) is 7.06. The lowest BCUT2D eigenvalue weighted by atomic mass is 9.76. The summed E-state index contributed by atoms with van der Waals surface area (Å²) in [4.78, 5) is 4.79. The van der Waals surface area contributed by atoms with E-state index in [0.29, 0.717) is 5.54 Å². The molecule has 0 heterocycles. The second kappa shape index (κ2) is 6.72. The molecule has 0 spiro atoms. The topological polar surface area (TPSA) is 32.5 Å². The van der Waals surface area contributed by atoms with Gasteiger partial charge in [-0.1, -0.05) is 6.92 Å². The predicted octanol–water partition coefficient (Wildman–Crippen LogP) is 1.78. The van der Waals surface area contributed by atoms with E-state index < -0.39 is 0 Å². The minimum Gasteiger partial charge on any atom is -0.329 e. The van der Waals surface area contributed by atoms with Gasteiger partial charge < -0.3 is 10.6 Å². The van der Waals surface area contributed by atoms with Crippen LogP contribution in [0.25, 0.3) is 0 Å². The van der Waals surface area contributed by atoms with Gasteiger partial charge in [0, 0.05) is 12.1 Å². The molecule has 0 bridgehead atoms. The van der Waals surface area contributed by atoms with Crippen molar-refractivity contribution < 1.29 is 0 Å². The fourth-order valence-electron chi connectivity index (χ4n) is 2.90. The Morgan fingerprint density at radius 1 is 1.12 bits per heavy atom. The van der Waals surface area contributed by atoms with Crippen molar-refractivity contribution >= 4 is 0 Å². The highest BCUT2D eigenvalue weighted by molar-refractivity contribution is 4.94. The zero-order valence-corrected chi connectivity index (χ0v) is 12.2. The van der Waals surface area contributed by atoms with E-state index in [1.165, 1.54) is 45.2 Å². The molecule has 2 N–H and O–H groups in total. The highest BCUT2D eigenvalue weighted by Gasteiger charge is 2.36. The number of nitrogens with zero attached hydrogens (tertiary/aromatic N) is 2. The van der Waals surface area contributed by atoms with Crippen molar-refractivity contribution in [1.82, 2.24) is 9.80 Å². The van der Waals surface area contributed by atoms with Crippen LogP contribution in [0.15, 0.2) is 0 Å². The monoisotopic (exact) mass is 241 g/mol. The van der Waals surface area contributed by atoms with Gasteiger partial charge in [0.05, 0.1) is 0 Å². The van der Waals surface area contributed by atoms with Gasteiger partial charge in [0.15, 0.2) is 0 Å². The Bertz CT molecular complexity index is 208. The summed E-state index contributed by atoms with van der Waals surface area (Å²) in [7, 11) is 6.54. The van der Waals surface area contributed by atoms with E-state index in [2.05, 4.69) is 37.9 Å². The van der Waals surface area contributed by atoms with Crippen molar-refractivity contribution in [1.29, 1.82) is 0 Å². The van der Waals surface area contributed by atoms with Gasteiger partial charge in [-0.25, -0.2) is 0 Å². The molecule has 1 rings (SSSR count). The van der Waals surface area contributed by atoms with Crippen LogP contribution in [0, 0.1) is 5.92 Å². The first kappa shape index (κ1) is 14.9. The molecule has 1 saturated carbocycles. The molecule has 0 aliphatic heterocycles. The maximum Gasteiger partial charge on any atom is 0.0328 e. The molecule has 0 saturated heterocycles. The fourth-order valence-corrected chi connectivity index (χ4v) is 2.90. The van der Waals surface area contributed by atoms with E-state index >= 15 is 0 Å². The van der Waals surface area contributed by atoms with E-state index in [1.807, 2.05) is 0 Å². The molecule has 1 fully saturated rings. The number of hydrogen-bond donors (Lipinski definition) is 1. The summed E-state index contributed by atoms with van der Waals surface area (Å²) in [6.45, 7) is 5.52. The minimum absolute atomic E-state index is 0.290. The molecule has 0 amide bonds. The highest BCUT2D eigenvalue weighted by atomic mass is 15.2. The third-order valence-electron chi connectivity index (χ3n) is 4.49. The molecule has 0 radical (unpaired) electrons. The Balaban J connectivity index is 2.43. The molecular weight excluding hydrogens is 210 g/mol. The summed E-state index contributed by atoms with van der Waals surface area (Å²) < 4.78 is 0. The smallest absolute Gasteiger partial charge is 0.0328 e. The van der Waals surface area contributed by atoms with Gasteiger partial charge in [0.25, 0.3) is 0 Å². The lowest BCUT2D eigenvalue weighted by molar-refractivity contribution is 0.0653. The summed E-state index contributed by atoms with van der Waals surface area (Å²) in [6, 6.07) is 0. The lowest BCUT2D eigenvalue weighted by Crippen LogP contribution is -2.54. The molecule has 3 nitrogen and oxygen atoms in total. The molecule has 0 unspecified atom stereocenters. The Hall–Kier alpha value is -0.120. The van der Waals surface area contributed by atoms with Crippen LogP contribution in [0.5, 0.6) is 0 Å². The highest BCUT2D eigenvalue weighted by Crippen LogP contribution is 2.35. The molecule has 0 aromatic carbocycles. The second-order valence-corrected chi connectivity index (χ2v) is 6.19. The number of likely N-dealkylation sites (N-methyl/N-ethyl adjacent to an activating group) is 1. The van der Waals surface area contributed by atoms with E-state index in [-0.39, 0.29) is 0 Å². The Morgan fingerprint density at radius 2 is 1.71 bits per heavy atom. The van der Waals surface area contributed by atoms with Crippen LogP contribution in [0.4, 0.5) is 0 Å². The van der Waals surface area contributed by atoms with Crippen molar-refractivity contribution in [2.45, 2.75) is 44.6 Å². The van der Waals surface area contributed by atoms with Crippen LogP contribution in [-0.4, -0.2) is 56.1 Å². The van der Waals surface area contributed by atoms with E-state index in [9.17, 15) is 0 Å². The normalized spacial score (nSPS) is 30.2. The average Bonchev–Trinajstić information content (AvgIpc) is 2.30. The number of nitrogens with two attached hydrogens (primary N) is 1. The van der Waals surface area contributed by atoms with Gasteiger partial charge in [-0.15, -0.1) is 0 Å². The Morgan fingerprint density at radius 3 is 2.18 bits per heavy atom. The van der Waals surface area contributed by atoms with Crippen LogP contribution >= 0.6 is 0 Å². The van der Waals surface area contributed by atoms with Crippen molar-refractivity contribution in [2.24, 2.45) is 11.7 Å². The van der Waals surface area contributed by atoms with Crippen molar-refractivity contribution in [3.63, 3.8) is 0 Å². The standard InChI is InChI=1S/C14H31N3/c1-13-6-8-14(12-15,9-7-13)17(4)11-5-10-16(2)3/h13H,5-12,15H2,1-4H3. The van der Waals surface area contributed by atoms with Gasteiger partial charge in [-0.3, -0.25) is 4.90 Å². The van der Waals surface area contributed by atoms with Gasteiger partial charge in [-0.2, -0.15) is 0 Å². The summed E-state index contributed by atoms with van der Waals surface area (Å²) >= 11 is 0. The molecule has 0 aromatic heterocycles. The fraction of sp³-hybridized carbons (Fsp3) is 1.00. The second-order valence-electron chi connectivity index (χ2n) is 6.19. The van der Waals surface area contributed by atoms with Crippen LogP contribution in [-0.2, 0) is 0 Å². The van der Waals surface area contributed by atoms with Crippen LogP contribution < -0.4 is 5.73 Å². The molecule has 0 aromatic rings. The van der Waals surface area contributed by atoms with E-state index in [4.69, 9.17) is 5.73 Å². The summed E-state index contributed by atoms with van der Waals surface area (Å²) in [5, 5.41) is 0. The molecule has 3 heteroatoms. The summed E-state index contributed by atoms with van der Waals surface area (Å²) in [6.07, 6.45) is 6.48.